The van der Waals surface area contributed by atoms with Gasteiger partial charge in [0.1, 0.15) is 16.1 Å². The van der Waals surface area contributed by atoms with E-state index in [-0.39, 0.29) is 17.2 Å². The van der Waals surface area contributed by atoms with Crippen molar-refractivity contribution >= 4 is 33.1 Å². The number of carbonyl (C=O) groups excluding carboxylic acids is 1. The van der Waals surface area contributed by atoms with Gasteiger partial charge in [-0.2, -0.15) is 0 Å². The molecule has 0 saturated carbocycles. The number of para-hydroxylation sites is 1. The molecule has 1 amide bonds. The van der Waals surface area contributed by atoms with Crippen LogP contribution in [-0.2, 0) is 7.05 Å². The highest BCUT2D eigenvalue weighted by Gasteiger charge is 2.27. The summed E-state index contributed by atoms with van der Waals surface area (Å²) in [6, 6.07) is 9.04. The number of hydrogen-bond donors (Lipinski definition) is 1. The molecule has 2 heterocycles. The normalized spacial score (nSPS) is 11.2. The minimum atomic E-state index is -0.521. The average Bonchev–Trinajstić information content (AvgIpc) is 3.05. The van der Waals surface area contributed by atoms with Crippen LogP contribution in [-0.4, -0.2) is 22.6 Å². The lowest BCUT2D eigenvalue weighted by Gasteiger charge is -2.19. The molecule has 130 valence electrons. The molecule has 0 radical (unpaired) electrons. The topological polar surface area (TPSA) is 62.5 Å². The van der Waals surface area contributed by atoms with E-state index in [1.165, 1.54) is 20.8 Å². The fourth-order valence-corrected chi connectivity index (χ4v) is 4.09. The minimum Gasteiger partial charge on any atom is -0.506 e. The molecular formula is C19H20N2O3S. The number of amides is 1. The van der Waals surface area contributed by atoms with Crippen LogP contribution in [0.25, 0.3) is 10.2 Å². The number of rotatable bonds is 3. The lowest BCUT2D eigenvalue weighted by molar-refractivity contribution is 0.0988. The van der Waals surface area contributed by atoms with Crippen molar-refractivity contribution in [3.63, 3.8) is 0 Å². The van der Waals surface area contributed by atoms with Crippen molar-refractivity contribution in [1.29, 1.82) is 0 Å². The zero-order valence-corrected chi connectivity index (χ0v) is 15.4. The maximum atomic E-state index is 12.9. The van der Waals surface area contributed by atoms with Crippen molar-refractivity contribution in [3.8, 4) is 5.75 Å². The number of anilines is 1. The Morgan fingerprint density at radius 1 is 1.24 bits per heavy atom. The molecule has 3 aromatic rings. The molecule has 5 nitrogen and oxygen atoms in total. The maximum Gasteiger partial charge on any atom is 0.268 e. The Kier molecular flexibility index (Phi) is 4.39. The molecule has 1 aromatic carbocycles. The van der Waals surface area contributed by atoms with Crippen LogP contribution in [0.5, 0.6) is 5.75 Å². The van der Waals surface area contributed by atoms with Gasteiger partial charge < -0.3 is 14.6 Å². The molecule has 0 aliphatic rings. The fraction of sp³-hybridized carbons (Fsp3) is 0.263. The molecule has 1 N–H and O–H groups in total. The maximum absolute atomic E-state index is 12.9. The molecule has 3 rings (SSSR count). The summed E-state index contributed by atoms with van der Waals surface area (Å²) in [6.07, 6.45) is 0. The predicted molar refractivity (Wildman–Crippen MR) is 102 cm³/mol. The van der Waals surface area contributed by atoms with Crippen molar-refractivity contribution in [2.24, 2.45) is 7.05 Å². The van der Waals surface area contributed by atoms with Crippen molar-refractivity contribution in [2.45, 2.75) is 19.8 Å². The molecule has 0 fully saturated rings. The van der Waals surface area contributed by atoms with Crippen LogP contribution in [0.15, 0.2) is 40.5 Å². The third kappa shape index (κ3) is 2.72. The lowest BCUT2D eigenvalue weighted by atomic mass is 10.0. The molecule has 0 atom stereocenters. The molecule has 0 aliphatic heterocycles. The Morgan fingerprint density at radius 3 is 2.48 bits per heavy atom. The van der Waals surface area contributed by atoms with E-state index < -0.39 is 11.5 Å². The van der Waals surface area contributed by atoms with E-state index in [0.717, 1.165) is 5.56 Å². The quantitative estimate of drug-likeness (QED) is 0.778. The lowest BCUT2D eigenvalue weighted by Crippen LogP contribution is -2.33. The van der Waals surface area contributed by atoms with Crippen LogP contribution >= 0.6 is 11.3 Å². The van der Waals surface area contributed by atoms with Crippen molar-refractivity contribution < 1.29 is 9.90 Å². The number of aromatic nitrogens is 1. The monoisotopic (exact) mass is 356 g/mol. The van der Waals surface area contributed by atoms with Crippen molar-refractivity contribution in [1.82, 2.24) is 4.57 Å². The summed E-state index contributed by atoms with van der Waals surface area (Å²) in [7, 11) is 3.22. The summed E-state index contributed by atoms with van der Waals surface area (Å²) in [5, 5.41) is 13.3. The first kappa shape index (κ1) is 17.2. The third-order valence-corrected chi connectivity index (χ3v) is 5.45. The number of aromatic hydroxyl groups is 1. The number of carbonyl (C=O) groups is 1. The number of fused-ring (bicyclic) bond motifs is 1. The van der Waals surface area contributed by atoms with E-state index in [2.05, 4.69) is 0 Å². The Morgan fingerprint density at radius 2 is 1.88 bits per heavy atom. The largest absolute Gasteiger partial charge is 0.506 e. The first-order chi connectivity index (χ1) is 11.8. The van der Waals surface area contributed by atoms with Gasteiger partial charge in [0.05, 0.1) is 5.39 Å². The first-order valence-electron chi connectivity index (χ1n) is 8.00. The first-order valence-corrected chi connectivity index (χ1v) is 8.88. The fourth-order valence-electron chi connectivity index (χ4n) is 2.89. The highest BCUT2D eigenvalue weighted by molar-refractivity contribution is 7.17. The number of hydrogen-bond acceptors (Lipinski definition) is 4. The summed E-state index contributed by atoms with van der Waals surface area (Å²) in [4.78, 5) is 27.7. The van der Waals surface area contributed by atoms with E-state index >= 15 is 0 Å². The summed E-state index contributed by atoms with van der Waals surface area (Å²) < 4.78 is 1.44. The van der Waals surface area contributed by atoms with Crippen LogP contribution in [0.2, 0.25) is 0 Å². The van der Waals surface area contributed by atoms with Gasteiger partial charge in [-0.05, 0) is 29.0 Å². The number of benzene rings is 1. The van der Waals surface area contributed by atoms with Gasteiger partial charge in [0.25, 0.3) is 11.5 Å². The van der Waals surface area contributed by atoms with Gasteiger partial charge in [-0.3, -0.25) is 9.59 Å². The van der Waals surface area contributed by atoms with Crippen molar-refractivity contribution in [2.75, 3.05) is 11.9 Å². The molecule has 0 unspecified atom stereocenters. The second-order valence-corrected chi connectivity index (χ2v) is 7.17. The number of nitrogens with zero attached hydrogens (tertiary/aromatic N) is 2. The summed E-state index contributed by atoms with van der Waals surface area (Å²) in [6.45, 7) is 4.03. The molecular weight excluding hydrogens is 336 g/mol. The third-order valence-electron chi connectivity index (χ3n) is 4.38. The highest BCUT2D eigenvalue weighted by atomic mass is 32.1. The zero-order chi connectivity index (χ0) is 18.3. The van der Waals surface area contributed by atoms with Gasteiger partial charge in [0, 0.05) is 19.8 Å². The van der Waals surface area contributed by atoms with Crippen molar-refractivity contribution in [3.05, 3.63) is 57.2 Å². The van der Waals surface area contributed by atoms with Gasteiger partial charge in [-0.15, -0.1) is 11.3 Å². The average molecular weight is 356 g/mol. The van der Waals surface area contributed by atoms with Gasteiger partial charge in [-0.25, -0.2) is 0 Å². The van der Waals surface area contributed by atoms with E-state index in [4.69, 9.17) is 0 Å². The standard InChI is InChI=1S/C19H20N2O3S/c1-11(2)13-10-25-19-14(13)16(22)15(18(24)21(19)4)17(23)20(3)12-8-6-5-7-9-12/h5-11,22H,1-4H3. The molecule has 0 spiro atoms. The second kappa shape index (κ2) is 6.37. The molecule has 2 aromatic heterocycles. The van der Waals surface area contributed by atoms with E-state index in [1.807, 2.05) is 37.4 Å². The Labute approximate surface area is 149 Å². The predicted octanol–water partition coefficient (Wildman–Crippen LogP) is 3.71. The van der Waals surface area contributed by atoms with Gasteiger partial charge >= 0.3 is 0 Å². The summed E-state index contributed by atoms with van der Waals surface area (Å²) >= 11 is 1.40. The Bertz CT molecular complexity index is 1000. The zero-order valence-electron chi connectivity index (χ0n) is 14.6. The van der Waals surface area contributed by atoms with Gasteiger partial charge in [-0.1, -0.05) is 32.0 Å². The summed E-state index contributed by atoms with van der Waals surface area (Å²) in [5.74, 6) is -0.574. The number of thiophene rings is 1. The molecule has 0 bridgehead atoms. The van der Waals surface area contributed by atoms with E-state index in [0.29, 0.717) is 15.9 Å². The molecule has 6 heteroatoms. The molecule has 0 aliphatic carbocycles. The molecule has 25 heavy (non-hydrogen) atoms. The van der Waals surface area contributed by atoms with Crippen LogP contribution < -0.4 is 10.5 Å². The number of pyridine rings is 1. The highest BCUT2D eigenvalue weighted by Crippen LogP contribution is 2.37. The van der Waals surface area contributed by atoms with Crippen LogP contribution in [0.3, 0.4) is 0 Å². The van der Waals surface area contributed by atoms with Crippen LogP contribution in [0.1, 0.15) is 35.7 Å². The molecule has 0 saturated heterocycles. The SMILES string of the molecule is CC(C)c1csc2c1c(O)c(C(=O)N(C)c1ccccc1)c(=O)n2C. The van der Waals surface area contributed by atoms with E-state index in [9.17, 15) is 14.7 Å². The Hall–Kier alpha value is -2.60. The Balaban J connectivity index is 2.24. The summed E-state index contributed by atoms with van der Waals surface area (Å²) in [5.41, 5.74) is 0.907. The van der Waals surface area contributed by atoms with Crippen LogP contribution in [0, 0.1) is 0 Å². The van der Waals surface area contributed by atoms with Crippen LogP contribution in [0.4, 0.5) is 5.69 Å². The minimum absolute atomic E-state index is 0.173. The smallest absolute Gasteiger partial charge is 0.268 e. The van der Waals surface area contributed by atoms with Gasteiger partial charge in [0.15, 0.2) is 0 Å². The van der Waals surface area contributed by atoms with E-state index in [1.54, 1.807) is 26.2 Å². The number of aryl methyl sites for hydroxylation is 1. The van der Waals surface area contributed by atoms with Gasteiger partial charge in [0.2, 0.25) is 0 Å². The second-order valence-electron chi connectivity index (χ2n) is 6.31.